The first-order valence-electron chi connectivity index (χ1n) is 8.26. The number of imide groups is 1. The van der Waals surface area contributed by atoms with Gasteiger partial charge in [-0.2, -0.15) is 0 Å². The first-order chi connectivity index (χ1) is 12.2. The van der Waals surface area contributed by atoms with Crippen LogP contribution in [-0.4, -0.2) is 23.3 Å². The molecular formula is C20H15N3O2. The lowest BCUT2D eigenvalue weighted by molar-refractivity contribution is -0.123. The van der Waals surface area contributed by atoms with E-state index in [1.54, 1.807) is 6.20 Å². The second-order valence-corrected chi connectivity index (χ2v) is 6.29. The Bertz CT molecular complexity index is 1080. The average molecular weight is 329 g/mol. The molecule has 5 heteroatoms. The number of para-hydroxylation sites is 2. The molecule has 0 saturated heterocycles. The summed E-state index contributed by atoms with van der Waals surface area (Å²) in [5.41, 5.74) is 4.79. The quantitative estimate of drug-likeness (QED) is 0.710. The van der Waals surface area contributed by atoms with E-state index in [1.165, 1.54) is 5.56 Å². The lowest BCUT2D eigenvalue weighted by Crippen LogP contribution is -2.29. The number of nitrogens with zero attached hydrogens (tertiary/aromatic N) is 1. The minimum atomic E-state index is -0.339. The molecule has 5 nitrogen and oxygen atoms in total. The van der Waals surface area contributed by atoms with Crippen molar-refractivity contribution in [3.63, 3.8) is 0 Å². The molecule has 0 fully saturated rings. The molecule has 2 aromatic carbocycles. The van der Waals surface area contributed by atoms with E-state index in [9.17, 15) is 9.59 Å². The third-order valence-electron chi connectivity index (χ3n) is 4.92. The lowest BCUT2D eigenvalue weighted by Gasteiger charge is -2.20. The van der Waals surface area contributed by atoms with Crippen molar-refractivity contribution in [3.8, 4) is 0 Å². The predicted molar refractivity (Wildman–Crippen MR) is 95.9 cm³/mol. The summed E-state index contributed by atoms with van der Waals surface area (Å²) in [7, 11) is 0. The van der Waals surface area contributed by atoms with Crippen molar-refractivity contribution in [2.45, 2.75) is 6.42 Å². The highest BCUT2D eigenvalue weighted by atomic mass is 16.2. The Kier molecular flexibility index (Phi) is 2.85. The zero-order valence-electron chi connectivity index (χ0n) is 13.4. The molecule has 5 rings (SSSR count). The summed E-state index contributed by atoms with van der Waals surface area (Å²) in [5, 5.41) is 3.41. The highest BCUT2D eigenvalue weighted by Gasteiger charge is 2.38. The number of amides is 2. The molecule has 2 aliphatic heterocycles. The number of H-pyrrole nitrogens is 1. The molecule has 25 heavy (non-hydrogen) atoms. The number of carbonyl (C=O) groups excluding carboxylic acids is 2. The van der Waals surface area contributed by atoms with Gasteiger partial charge in [0.25, 0.3) is 11.8 Å². The Morgan fingerprint density at radius 1 is 0.920 bits per heavy atom. The summed E-state index contributed by atoms with van der Waals surface area (Å²) in [6.45, 7) is 0.696. The molecule has 2 N–H and O–H groups in total. The van der Waals surface area contributed by atoms with Gasteiger partial charge in [-0.25, -0.2) is 0 Å². The molecule has 1 aromatic heterocycles. The Hall–Kier alpha value is -3.34. The maximum atomic E-state index is 12.6. The van der Waals surface area contributed by atoms with Crippen LogP contribution in [0.4, 0.5) is 5.69 Å². The second kappa shape index (κ2) is 5.08. The van der Waals surface area contributed by atoms with Gasteiger partial charge in [-0.05, 0) is 24.1 Å². The number of rotatable bonds is 2. The first kappa shape index (κ1) is 14.0. The molecule has 0 atom stereocenters. The predicted octanol–water partition coefficient (Wildman–Crippen LogP) is 2.60. The van der Waals surface area contributed by atoms with E-state index in [4.69, 9.17) is 0 Å². The minimum absolute atomic E-state index is 0.331. The number of anilines is 1. The average Bonchev–Trinajstić information content (AvgIpc) is 3.30. The Labute approximate surface area is 144 Å². The van der Waals surface area contributed by atoms with Gasteiger partial charge in [-0.1, -0.05) is 36.4 Å². The second-order valence-electron chi connectivity index (χ2n) is 6.29. The summed E-state index contributed by atoms with van der Waals surface area (Å²) >= 11 is 0. The normalized spacial score (nSPS) is 16.7. The van der Waals surface area contributed by atoms with Gasteiger partial charge in [-0.15, -0.1) is 0 Å². The van der Waals surface area contributed by atoms with Crippen LogP contribution in [0.2, 0.25) is 0 Å². The number of aromatic nitrogens is 1. The highest BCUT2D eigenvalue weighted by Crippen LogP contribution is 2.37. The topological polar surface area (TPSA) is 65.2 Å². The van der Waals surface area contributed by atoms with Crippen LogP contribution in [0.1, 0.15) is 11.1 Å². The molecule has 3 aromatic rings. The molecular weight excluding hydrogens is 314 g/mol. The fourth-order valence-electron chi connectivity index (χ4n) is 3.80. The van der Waals surface area contributed by atoms with Gasteiger partial charge in [0.05, 0.1) is 5.57 Å². The zero-order chi connectivity index (χ0) is 17.0. The number of fused-ring (bicyclic) bond motifs is 2. The first-order valence-corrected chi connectivity index (χ1v) is 8.26. The maximum absolute atomic E-state index is 12.6. The van der Waals surface area contributed by atoms with Crippen molar-refractivity contribution >= 4 is 34.0 Å². The molecule has 2 amide bonds. The van der Waals surface area contributed by atoms with Crippen molar-refractivity contribution in [2.24, 2.45) is 0 Å². The number of nitrogens with one attached hydrogen (secondary N) is 2. The number of benzene rings is 2. The van der Waals surface area contributed by atoms with Gasteiger partial charge in [0, 0.05) is 34.9 Å². The largest absolute Gasteiger partial charge is 0.361 e. The number of hydrogen-bond acceptors (Lipinski definition) is 3. The molecule has 122 valence electrons. The molecule has 2 aliphatic rings. The summed E-state index contributed by atoms with van der Waals surface area (Å²) in [4.78, 5) is 30.3. The van der Waals surface area contributed by atoms with Crippen molar-refractivity contribution in [3.05, 3.63) is 71.6 Å². The van der Waals surface area contributed by atoms with Crippen molar-refractivity contribution < 1.29 is 9.59 Å². The molecule has 0 saturated carbocycles. The number of aromatic amines is 1. The van der Waals surface area contributed by atoms with E-state index in [-0.39, 0.29) is 11.8 Å². The minimum Gasteiger partial charge on any atom is -0.361 e. The van der Waals surface area contributed by atoms with E-state index < -0.39 is 0 Å². The zero-order valence-corrected chi connectivity index (χ0v) is 13.4. The summed E-state index contributed by atoms with van der Waals surface area (Å²) in [5.74, 6) is -0.670. The SMILES string of the molecule is O=C1NC(=O)C(N2CCc3ccccc32)=C1c1c[nH]c2ccccc12. The Balaban J connectivity index is 1.75. The van der Waals surface area contributed by atoms with Crippen LogP contribution < -0.4 is 10.2 Å². The third kappa shape index (κ3) is 1.96. The van der Waals surface area contributed by atoms with Gasteiger partial charge in [0.15, 0.2) is 0 Å². The van der Waals surface area contributed by atoms with Crippen LogP contribution in [0.5, 0.6) is 0 Å². The van der Waals surface area contributed by atoms with E-state index in [0.29, 0.717) is 17.8 Å². The van der Waals surface area contributed by atoms with Gasteiger partial charge < -0.3 is 9.88 Å². The van der Waals surface area contributed by atoms with Crippen molar-refractivity contribution in [1.29, 1.82) is 0 Å². The third-order valence-corrected chi connectivity index (χ3v) is 4.92. The van der Waals surface area contributed by atoms with Crippen LogP contribution in [-0.2, 0) is 16.0 Å². The fourth-order valence-corrected chi connectivity index (χ4v) is 3.80. The van der Waals surface area contributed by atoms with Crippen molar-refractivity contribution in [2.75, 3.05) is 11.4 Å². The van der Waals surface area contributed by atoms with Gasteiger partial charge in [0.1, 0.15) is 5.70 Å². The summed E-state index contributed by atoms with van der Waals surface area (Å²) in [6.07, 6.45) is 2.67. The van der Waals surface area contributed by atoms with Crippen LogP contribution in [0.3, 0.4) is 0 Å². The molecule has 0 radical (unpaired) electrons. The van der Waals surface area contributed by atoms with E-state index in [2.05, 4.69) is 16.4 Å². The Morgan fingerprint density at radius 2 is 1.72 bits per heavy atom. The molecule has 0 bridgehead atoms. The molecule has 0 aliphatic carbocycles. The summed E-state index contributed by atoms with van der Waals surface area (Å²) < 4.78 is 0. The van der Waals surface area contributed by atoms with Crippen LogP contribution >= 0.6 is 0 Å². The van der Waals surface area contributed by atoms with Gasteiger partial charge in [-0.3, -0.25) is 14.9 Å². The lowest BCUT2D eigenvalue weighted by atomic mass is 10.0. The smallest absolute Gasteiger partial charge is 0.275 e. The van der Waals surface area contributed by atoms with E-state index in [1.807, 2.05) is 47.4 Å². The maximum Gasteiger partial charge on any atom is 0.275 e. The monoisotopic (exact) mass is 329 g/mol. The van der Waals surface area contributed by atoms with E-state index >= 15 is 0 Å². The Morgan fingerprint density at radius 3 is 2.64 bits per heavy atom. The number of carbonyl (C=O) groups is 2. The fraction of sp³-hybridized carbons (Fsp3) is 0.100. The standard InChI is InChI=1S/C20H15N3O2/c24-19-17(14-11-21-15-7-3-2-6-13(14)15)18(20(25)22-19)23-10-9-12-5-1-4-8-16(12)23/h1-8,11,21H,9-10H2,(H,22,24,25). The highest BCUT2D eigenvalue weighted by molar-refractivity contribution is 6.38. The van der Waals surface area contributed by atoms with Gasteiger partial charge in [0.2, 0.25) is 0 Å². The molecule has 0 unspecified atom stereocenters. The van der Waals surface area contributed by atoms with Crippen molar-refractivity contribution in [1.82, 2.24) is 10.3 Å². The van der Waals surface area contributed by atoms with Gasteiger partial charge >= 0.3 is 0 Å². The van der Waals surface area contributed by atoms with Crippen LogP contribution in [0.25, 0.3) is 16.5 Å². The van der Waals surface area contributed by atoms with Crippen LogP contribution in [0.15, 0.2) is 60.4 Å². The molecule has 3 heterocycles. The van der Waals surface area contributed by atoms with Crippen LogP contribution in [0, 0.1) is 0 Å². The molecule has 0 spiro atoms. The summed E-state index contributed by atoms with van der Waals surface area (Å²) in [6, 6.07) is 15.8. The van der Waals surface area contributed by atoms with E-state index in [0.717, 1.165) is 28.6 Å². The number of hydrogen-bond donors (Lipinski definition) is 2.